The number of rotatable bonds is 5. The maximum absolute atomic E-state index is 13.5. The van der Waals surface area contributed by atoms with Gasteiger partial charge in [-0.2, -0.15) is 0 Å². The van der Waals surface area contributed by atoms with Gasteiger partial charge in [0.25, 0.3) is 0 Å². The van der Waals surface area contributed by atoms with Crippen molar-refractivity contribution in [2.75, 3.05) is 11.5 Å². The summed E-state index contributed by atoms with van der Waals surface area (Å²) < 4.78 is 39.0. The van der Waals surface area contributed by atoms with E-state index < -0.39 is 21.8 Å². The standard InChI is InChI=1S/C20H21FN2O3S/c21-16-5-3-4-15(11-16)19(24)12-23-18-7-2-1-6-17(18)22-20(23)10-14-8-9-27(25,26)13-14/h1-7,11,14,19,24H,8-10,12-13H2/t14-,19-/m0/s1. The minimum atomic E-state index is -2.96. The molecule has 2 aromatic carbocycles. The lowest BCUT2D eigenvalue weighted by molar-refractivity contribution is 0.156. The largest absolute Gasteiger partial charge is 0.387 e. The van der Waals surface area contributed by atoms with E-state index in [9.17, 15) is 17.9 Å². The minimum absolute atomic E-state index is 0.0388. The van der Waals surface area contributed by atoms with Crippen molar-refractivity contribution < 1.29 is 17.9 Å². The van der Waals surface area contributed by atoms with Gasteiger partial charge in [0.1, 0.15) is 11.6 Å². The van der Waals surface area contributed by atoms with E-state index in [0.29, 0.717) is 18.4 Å². The third-order valence-electron chi connectivity index (χ3n) is 5.12. The Morgan fingerprint density at radius 2 is 2.04 bits per heavy atom. The molecule has 0 amide bonds. The summed E-state index contributed by atoms with van der Waals surface area (Å²) in [6.07, 6.45) is 0.297. The van der Waals surface area contributed by atoms with Crippen LogP contribution in [0.15, 0.2) is 48.5 Å². The van der Waals surface area contributed by atoms with Gasteiger partial charge in [0, 0.05) is 6.42 Å². The molecule has 2 atom stereocenters. The average molecular weight is 388 g/mol. The Kier molecular flexibility index (Phi) is 4.74. The van der Waals surface area contributed by atoms with Gasteiger partial charge in [0.2, 0.25) is 0 Å². The number of fused-ring (bicyclic) bond motifs is 1. The average Bonchev–Trinajstić information content (AvgIpc) is 3.15. The maximum Gasteiger partial charge on any atom is 0.150 e. The first kappa shape index (κ1) is 18.1. The molecule has 1 saturated heterocycles. The number of sulfone groups is 1. The molecular weight excluding hydrogens is 367 g/mol. The van der Waals surface area contributed by atoms with Gasteiger partial charge in [-0.25, -0.2) is 17.8 Å². The molecule has 27 heavy (non-hydrogen) atoms. The van der Waals surface area contributed by atoms with Crippen molar-refractivity contribution in [3.05, 3.63) is 65.7 Å². The zero-order valence-corrected chi connectivity index (χ0v) is 15.6. The first-order chi connectivity index (χ1) is 12.9. The van der Waals surface area contributed by atoms with Gasteiger partial charge >= 0.3 is 0 Å². The Morgan fingerprint density at radius 1 is 1.22 bits per heavy atom. The van der Waals surface area contributed by atoms with Gasteiger partial charge < -0.3 is 9.67 Å². The summed E-state index contributed by atoms with van der Waals surface area (Å²) in [4.78, 5) is 4.67. The molecule has 0 radical (unpaired) electrons. The van der Waals surface area contributed by atoms with Crippen LogP contribution in [0.1, 0.15) is 23.9 Å². The van der Waals surface area contributed by atoms with Crippen molar-refractivity contribution in [3.63, 3.8) is 0 Å². The van der Waals surface area contributed by atoms with Gasteiger partial charge in [0.15, 0.2) is 9.84 Å². The first-order valence-electron chi connectivity index (χ1n) is 8.99. The van der Waals surface area contributed by atoms with Crippen molar-refractivity contribution in [2.24, 2.45) is 5.92 Å². The van der Waals surface area contributed by atoms with Crippen LogP contribution in [-0.2, 0) is 22.8 Å². The molecule has 4 rings (SSSR count). The lowest BCUT2D eigenvalue weighted by atomic mass is 10.0. The highest BCUT2D eigenvalue weighted by molar-refractivity contribution is 7.91. The second-order valence-corrected chi connectivity index (χ2v) is 9.40. The van der Waals surface area contributed by atoms with Crippen molar-refractivity contribution in [1.82, 2.24) is 9.55 Å². The highest BCUT2D eigenvalue weighted by atomic mass is 32.2. The third kappa shape index (κ3) is 3.89. The van der Waals surface area contributed by atoms with Gasteiger partial charge in [-0.3, -0.25) is 0 Å². The molecule has 0 aliphatic carbocycles. The van der Waals surface area contributed by atoms with Crippen molar-refractivity contribution in [3.8, 4) is 0 Å². The predicted molar refractivity (Wildman–Crippen MR) is 102 cm³/mol. The number of hydrogen-bond acceptors (Lipinski definition) is 4. The summed E-state index contributed by atoms with van der Waals surface area (Å²) in [5, 5.41) is 10.6. The van der Waals surface area contributed by atoms with E-state index in [0.717, 1.165) is 16.9 Å². The Balaban J connectivity index is 1.66. The summed E-state index contributed by atoms with van der Waals surface area (Å²) >= 11 is 0. The molecular formula is C20H21FN2O3S. The molecule has 1 aliphatic heterocycles. The molecule has 0 bridgehead atoms. The Morgan fingerprint density at radius 3 is 2.78 bits per heavy atom. The van der Waals surface area contributed by atoms with E-state index in [1.807, 2.05) is 28.8 Å². The fraction of sp³-hybridized carbons (Fsp3) is 0.350. The zero-order valence-electron chi connectivity index (χ0n) is 14.8. The predicted octanol–water partition coefficient (Wildman–Crippen LogP) is 2.89. The van der Waals surface area contributed by atoms with Crippen LogP contribution >= 0.6 is 0 Å². The monoisotopic (exact) mass is 388 g/mol. The number of halogens is 1. The Hall–Kier alpha value is -2.25. The second-order valence-electron chi connectivity index (χ2n) is 7.17. The summed E-state index contributed by atoms with van der Waals surface area (Å²) in [5.74, 6) is 0.816. The van der Waals surface area contributed by atoms with Crippen molar-refractivity contribution in [2.45, 2.75) is 25.5 Å². The Bertz CT molecular complexity index is 1080. The smallest absolute Gasteiger partial charge is 0.150 e. The molecule has 3 aromatic rings. The van der Waals surface area contributed by atoms with Crippen LogP contribution in [0.3, 0.4) is 0 Å². The van der Waals surface area contributed by atoms with Gasteiger partial charge in [-0.1, -0.05) is 24.3 Å². The fourth-order valence-electron chi connectivity index (χ4n) is 3.77. The minimum Gasteiger partial charge on any atom is -0.387 e. The lowest BCUT2D eigenvalue weighted by Crippen LogP contribution is -2.15. The topological polar surface area (TPSA) is 72.2 Å². The number of hydrogen-bond donors (Lipinski definition) is 1. The number of aliphatic hydroxyl groups is 1. The third-order valence-corrected chi connectivity index (χ3v) is 6.96. The number of aliphatic hydroxyl groups excluding tert-OH is 1. The highest BCUT2D eigenvalue weighted by Crippen LogP contribution is 2.27. The van der Waals surface area contributed by atoms with E-state index in [1.54, 1.807) is 12.1 Å². The van der Waals surface area contributed by atoms with Crippen LogP contribution in [0, 0.1) is 11.7 Å². The number of para-hydroxylation sites is 2. The number of nitrogens with zero attached hydrogens (tertiary/aromatic N) is 2. The van der Waals surface area contributed by atoms with Crippen LogP contribution in [0.4, 0.5) is 4.39 Å². The van der Waals surface area contributed by atoms with E-state index in [1.165, 1.54) is 12.1 Å². The molecule has 1 aliphatic rings. The quantitative estimate of drug-likeness (QED) is 0.730. The Labute approximate surface area is 157 Å². The fourth-order valence-corrected chi connectivity index (χ4v) is 5.63. The van der Waals surface area contributed by atoms with Crippen molar-refractivity contribution in [1.29, 1.82) is 0 Å². The molecule has 0 saturated carbocycles. The van der Waals surface area contributed by atoms with Crippen LogP contribution in [0.5, 0.6) is 0 Å². The second kappa shape index (κ2) is 7.05. The van der Waals surface area contributed by atoms with Crippen LogP contribution in [0.2, 0.25) is 0 Å². The van der Waals surface area contributed by atoms with E-state index in [2.05, 4.69) is 4.98 Å². The zero-order chi connectivity index (χ0) is 19.0. The molecule has 1 N–H and O–H groups in total. The van der Waals surface area contributed by atoms with Crippen LogP contribution < -0.4 is 0 Å². The molecule has 142 valence electrons. The van der Waals surface area contributed by atoms with E-state index in [4.69, 9.17) is 0 Å². The van der Waals surface area contributed by atoms with Crippen molar-refractivity contribution >= 4 is 20.9 Å². The summed E-state index contributed by atoms with van der Waals surface area (Å²) in [7, 11) is -2.96. The summed E-state index contributed by atoms with van der Waals surface area (Å²) in [6.45, 7) is 0.235. The molecule has 0 unspecified atom stereocenters. The number of aromatic nitrogens is 2. The summed E-state index contributed by atoms with van der Waals surface area (Å²) in [6, 6.07) is 13.6. The number of imidazole rings is 1. The molecule has 1 aromatic heterocycles. The highest BCUT2D eigenvalue weighted by Gasteiger charge is 2.29. The molecule has 2 heterocycles. The molecule has 7 heteroatoms. The van der Waals surface area contributed by atoms with Crippen LogP contribution in [0.25, 0.3) is 11.0 Å². The normalized spacial score (nSPS) is 20.1. The van der Waals surface area contributed by atoms with Crippen LogP contribution in [-0.4, -0.2) is 34.6 Å². The first-order valence-corrected chi connectivity index (χ1v) is 10.8. The molecule has 1 fully saturated rings. The molecule has 5 nitrogen and oxygen atoms in total. The van der Waals surface area contributed by atoms with Gasteiger partial charge in [-0.05, 0) is 42.2 Å². The van der Waals surface area contributed by atoms with E-state index in [-0.39, 0.29) is 24.0 Å². The van der Waals surface area contributed by atoms with E-state index >= 15 is 0 Å². The summed E-state index contributed by atoms with van der Waals surface area (Å²) in [5.41, 5.74) is 2.19. The SMILES string of the molecule is O=S1(=O)CC[C@@H](Cc2nc3ccccc3n2C[C@H](O)c2cccc(F)c2)C1. The van der Waals surface area contributed by atoms with Gasteiger partial charge in [-0.15, -0.1) is 0 Å². The van der Waals surface area contributed by atoms with Gasteiger partial charge in [0.05, 0.1) is 35.2 Å². The lowest BCUT2D eigenvalue weighted by Gasteiger charge is -2.16. The number of benzene rings is 2. The molecule has 0 spiro atoms. The maximum atomic E-state index is 13.5.